The van der Waals surface area contributed by atoms with Gasteiger partial charge in [0.2, 0.25) is 0 Å². The lowest BCUT2D eigenvalue weighted by Gasteiger charge is -2.47. The molecule has 4 unspecified atom stereocenters. The molecule has 4 rings (SSSR count). The van der Waals surface area contributed by atoms with Gasteiger partial charge in [0.15, 0.2) is 5.79 Å². The number of fused-ring (bicyclic) bond motifs is 3. The average molecular weight is 404 g/mol. The first-order chi connectivity index (χ1) is 13.3. The molecule has 8 heteroatoms. The lowest BCUT2D eigenvalue weighted by molar-refractivity contribution is -0.385. The lowest BCUT2D eigenvalue weighted by atomic mass is 9.73. The third kappa shape index (κ3) is 3.15. The van der Waals surface area contributed by atoms with E-state index in [2.05, 4.69) is 0 Å². The van der Waals surface area contributed by atoms with Crippen molar-refractivity contribution in [3.63, 3.8) is 0 Å². The molecule has 0 aliphatic carbocycles. The Morgan fingerprint density at radius 3 is 2.61 bits per heavy atom. The molecule has 146 valence electrons. The Balaban J connectivity index is 1.84. The predicted molar refractivity (Wildman–Crippen MR) is 100 cm³/mol. The zero-order chi connectivity index (χ0) is 20.1. The maximum Gasteiger partial charge on any atom is 0.317 e. The molecule has 2 aliphatic heterocycles. The third-order valence-electron chi connectivity index (χ3n) is 5.45. The molecule has 2 aromatic carbocycles. The highest BCUT2D eigenvalue weighted by atomic mass is 35.5. The molecule has 7 nitrogen and oxygen atoms in total. The molecule has 0 bridgehead atoms. The van der Waals surface area contributed by atoms with Crippen LogP contribution in [0.1, 0.15) is 36.5 Å². The Kier molecular flexibility index (Phi) is 4.61. The molecule has 0 saturated carbocycles. The van der Waals surface area contributed by atoms with Crippen molar-refractivity contribution in [3.8, 4) is 5.75 Å². The van der Waals surface area contributed by atoms with Crippen LogP contribution in [-0.4, -0.2) is 23.8 Å². The van der Waals surface area contributed by atoms with Gasteiger partial charge in [0.25, 0.3) is 5.69 Å². The maximum absolute atomic E-state index is 12.9. The van der Waals surface area contributed by atoms with E-state index in [-0.39, 0.29) is 17.4 Å². The highest BCUT2D eigenvalue weighted by Gasteiger charge is 2.53. The first kappa shape index (κ1) is 18.9. The smallest absolute Gasteiger partial charge is 0.317 e. The van der Waals surface area contributed by atoms with E-state index in [1.165, 1.54) is 25.3 Å². The van der Waals surface area contributed by atoms with Crippen LogP contribution in [0.15, 0.2) is 42.5 Å². The minimum atomic E-state index is -0.967. The average Bonchev–Trinajstić information content (AvgIpc) is 2.67. The van der Waals surface area contributed by atoms with E-state index in [1.54, 1.807) is 19.1 Å². The first-order valence-electron chi connectivity index (χ1n) is 8.80. The number of benzene rings is 2. The zero-order valence-corrected chi connectivity index (χ0v) is 16.0. The van der Waals surface area contributed by atoms with Gasteiger partial charge in [0.05, 0.1) is 10.8 Å². The van der Waals surface area contributed by atoms with E-state index in [0.29, 0.717) is 17.0 Å². The molecule has 0 amide bonds. The quantitative estimate of drug-likeness (QED) is 0.327. The first-order valence-corrected chi connectivity index (χ1v) is 9.17. The van der Waals surface area contributed by atoms with Gasteiger partial charge in [-0.1, -0.05) is 23.7 Å². The summed E-state index contributed by atoms with van der Waals surface area (Å²) in [6, 6.07) is 11.4. The Morgan fingerprint density at radius 2 is 1.96 bits per heavy atom. The van der Waals surface area contributed by atoms with Crippen LogP contribution in [-0.2, 0) is 14.3 Å². The van der Waals surface area contributed by atoms with E-state index >= 15 is 0 Å². The minimum Gasteiger partial charge on any atom is -0.426 e. The molecule has 1 fully saturated rings. The largest absolute Gasteiger partial charge is 0.426 e. The number of nitro groups is 1. The number of ether oxygens (including phenoxy) is 3. The van der Waals surface area contributed by atoms with Crippen molar-refractivity contribution in [2.45, 2.75) is 31.2 Å². The van der Waals surface area contributed by atoms with Crippen molar-refractivity contribution >= 4 is 23.3 Å². The number of hydrogen-bond acceptors (Lipinski definition) is 6. The Hall–Kier alpha value is -2.48. The molecule has 0 aromatic heterocycles. The summed E-state index contributed by atoms with van der Waals surface area (Å²) in [6.45, 7) is 1.79. The molecule has 1 saturated heterocycles. The number of rotatable bonds is 3. The van der Waals surface area contributed by atoms with E-state index in [1.807, 2.05) is 12.1 Å². The predicted octanol–water partition coefficient (Wildman–Crippen LogP) is 4.39. The van der Waals surface area contributed by atoms with Crippen molar-refractivity contribution in [1.29, 1.82) is 0 Å². The molecule has 4 atom stereocenters. The second-order valence-electron chi connectivity index (χ2n) is 7.16. The number of carbonyl (C=O) groups is 1. The summed E-state index contributed by atoms with van der Waals surface area (Å²) in [7, 11) is 1.54. The molecule has 2 aromatic rings. The second kappa shape index (κ2) is 6.84. The third-order valence-corrected chi connectivity index (χ3v) is 5.70. The van der Waals surface area contributed by atoms with Gasteiger partial charge in [-0.15, -0.1) is 0 Å². The fraction of sp³-hybridized carbons (Fsp3) is 0.350. The Morgan fingerprint density at radius 1 is 1.25 bits per heavy atom. The fourth-order valence-electron chi connectivity index (χ4n) is 3.98. The van der Waals surface area contributed by atoms with E-state index < -0.39 is 28.7 Å². The van der Waals surface area contributed by atoms with Crippen LogP contribution in [0.4, 0.5) is 5.69 Å². The molecule has 2 heterocycles. The van der Waals surface area contributed by atoms with Crippen LogP contribution in [0.25, 0.3) is 0 Å². The maximum atomic E-state index is 12.9. The van der Waals surface area contributed by atoms with Gasteiger partial charge in [-0.25, -0.2) is 0 Å². The number of carbonyl (C=O) groups excluding carboxylic acids is 1. The number of nitrogens with zero attached hydrogens (tertiary/aromatic N) is 1. The number of halogens is 1. The van der Waals surface area contributed by atoms with Gasteiger partial charge in [0.1, 0.15) is 11.9 Å². The number of methoxy groups -OCH3 is 1. The van der Waals surface area contributed by atoms with Crippen LogP contribution in [0.2, 0.25) is 5.02 Å². The van der Waals surface area contributed by atoms with Gasteiger partial charge in [0, 0.05) is 42.2 Å². The lowest BCUT2D eigenvalue weighted by Crippen LogP contribution is -2.49. The van der Waals surface area contributed by atoms with E-state index in [4.69, 9.17) is 25.8 Å². The van der Waals surface area contributed by atoms with Crippen molar-refractivity contribution in [2.24, 2.45) is 5.92 Å². The van der Waals surface area contributed by atoms with Crippen molar-refractivity contribution in [3.05, 3.63) is 68.7 Å². The SMILES string of the molecule is COC1(C)CC(c2ccc(Cl)cc2)C2C(=O)Oc3ccc([N+](=O)[O-])cc3C2O1. The minimum absolute atomic E-state index is 0.0909. The molecular formula is C20H18ClNO6. The standard InChI is InChI=1S/C20H18ClNO6/c1-20(26-2)10-15(11-3-5-12(21)6-4-11)17-18(28-20)14-9-13(22(24)25)7-8-16(14)27-19(17)23/h3-9,15,17-18H,10H2,1-2H3. The van der Waals surface area contributed by atoms with Gasteiger partial charge in [-0.3, -0.25) is 14.9 Å². The van der Waals surface area contributed by atoms with Crippen molar-refractivity contribution < 1.29 is 23.9 Å². The van der Waals surface area contributed by atoms with E-state index in [0.717, 1.165) is 5.56 Å². The van der Waals surface area contributed by atoms with Gasteiger partial charge in [-0.2, -0.15) is 0 Å². The van der Waals surface area contributed by atoms with Crippen LogP contribution in [0.5, 0.6) is 5.75 Å². The van der Waals surface area contributed by atoms with Gasteiger partial charge < -0.3 is 14.2 Å². The summed E-state index contributed by atoms with van der Waals surface area (Å²) in [4.78, 5) is 23.6. The zero-order valence-electron chi connectivity index (χ0n) is 15.3. The Labute approximate surface area is 166 Å². The number of non-ortho nitro benzene ring substituents is 1. The van der Waals surface area contributed by atoms with Crippen molar-refractivity contribution in [2.75, 3.05) is 7.11 Å². The molecule has 0 radical (unpaired) electrons. The molecule has 2 aliphatic rings. The molecular weight excluding hydrogens is 386 g/mol. The summed E-state index contributed by atoms with van der Waals surface area (Å²) < 4.78 is 17.3. The highest BCUT2D eigenvalue weighted by Crippen LogP contribution is 2.53. The summed E-state index contributed by atoms with van der Waals surface area (Å²) in [6.07, 6.45) is -0.304. The number of hydrogen-bond donors (Lipinski definition) is 0. The number of nitro benzene ring substituents is 1. The number of esters is 1. The van der Waals surface area contributed by atoms with Crippen molar-refractivity contribution in [1.82, 2.24) is 0 Å². The molecule has 0 spiro atoms. The van der Waals surface area contributed by atoms with Crippen LogP contribution in [0, 0.1) is 16.0 Å². The van der Waals surface area contributed by atoms with E-state index in [9.17, 15) is 14.9 Å². The van der Waals surface area contributed by atoms with Crippen LogP contribution in [0.3, 0.4) is 0 Å². The monoisotopic (exact) mass is 403 g/mol. The van der Waals surface area contributed by atoms with Crippen LogP contribution < -0.4 is 4.74 Å². The normalized spacial score (nSPS) is 28.8. The topological polar surface area (TPSA) is 87.9 Å². The highest BCUT2D eigenvalue weighted by molar-refractivity contribution is 6.30. The van der Waals surface area contributed by atoms with Gasteiger partial charge >= 0.3 is 5.97 Å². The summed E-state index contributed by atoms with van der Waals surface area (Å²) in [5.74, 6) is -2.04. The fourth-order valence-corrected chi connectivity index (χ4v) is 4.11. The van der Waals surface area contributed by atoms with Crippen LogP contribution >= 0.6 is 11.6 Å². The Bertz CT molecular complexity index is 946. The summed E-state index contributed by atoms with van der Waals surface area (Å²) >= 11 is 6.01. The molecule has 0 N–H and O–H groups in total. The summed E-state index contributed by atoms with van der Waals surface area (Å²) in [5, 5.41) is 11.8. The summed E-state index contributed by atoms with van der Waals surface area (Å²) in [5.41, 5.74) is 1.28. The second-order valence-corrected chi connectivity index (χ2v) is 7.60. The molecule has 28 heavy (non-hydrogen) atoms. The van der Waals surface area contributed by atoms with Gasteiger partial charge in [-0.05, 0) is 30.7 Å².